The Morgan fingerprint density at radius 2 is 1.76 bits per heavy atom. The number of carboxylic acids is 1. The van der Waals surface area contributed by atoms with E-state index in [1.807, 2.05) is 0 Å². The molecule has 100 valence electrons. The molecule has 0 aliphatic carbocycles. The number of carbonyl (C=O) groups excluding carboxylic acids is 1. The maximum atomic E-state index is 12.0. The number of aliphatic hydroxyl groups is 1. The summed E-state index contributed by atoms with van der Waals surface area (Å²) in [5, 5.41) is 20.0. The quantitative estimate of drug-likeness (QED) is 0.514. The second-order valence-corrected chi connectivity index (χ2v) is 5.22. The summed E-state index contributed by atoms with van der Waals surface area (Å²) in [6.07, 6.45) is -0.0256. The molecule has 0 aromatic heterocycles. The van der Waals surface area contributed by atoms with E-state index < -0.39 is 28.9 Å². The smallest absolute Gasteiger partial charge is 0.326 e. The Hall–Kier alpha value is -1.14. The van der Waals surface area contributed by atoms with Gasteiger partial charge in [-0.1, -0.05) is 0 Å². The third-order valence-electron chi connectivity index (χ3n) is 3.20. The highest BCUT2D eigenvalue weighted by Gasteiger charge is 2.41. The highest BCUT2D eigenvalue weighted by Crippen LogP contribution is 2.28. The van der Waals surface area contributed by atoms with Gasteiger partial charge in [-0.25, -0.2) is 4.79 Å². The van der Waals surface area contributed by atoms with Gasteiger partial charge in [0.25, 0.3) is 0 Å². The molecule has 0 unspecified atom stereocenters. The predicted molar refractivity (Wildman–Crippen MR) is 63.3 cm³/mol. The molecule has 1 amide bonds. The van der Waals surface area contributed by atoms with E-state index >= 15 is 0 Å². The first-order chi connectivity index (χ1) is 7.54. The van der Waals surface area contributed by atoms with Crippen molar-refractivity contribution in [3.63, 3.8) is 0 Å². The van der Waals surface area contributed by atoms with Crippen molar-refractivity contribution in [1.82, 2.24) is 5.32 Å². The Kier molecular flexibility index (Phi) is 5.10. The summed E-state index contributed by atoms with van der Waals surface area (Å²) in [5.41, 5.74) is 4.20. The molecule has 0 aromatic carbocycles. The van der Waals surface area contributed by atoms with Crippen LogP contribution in [-0.2, 0) is 9.59 Å². The lowest BCUT2D eigenvalue weighted by Gasteiger charge is -2.37. The fraction of sp³-hybridized carbons (Fsp3) is 0.818. The van der Waals surface area contributed by atoms with E-state index in [2.05, 4.69) is 5.32 Å². The molecule has 5 N–H and O–H groups in total. The van der Waals surface area contributed by atoms with Gasteiger partial charge in [-0.2, -0.15) is 0 Å². The lowest BCUT2D eigenvalue weighted by Crippen LogP contribution is -2.58. The third kappa shape index (κ3) is 3.98. The molecule has 0 saturated carbocycles. The van der Waals surface area contributed by atoms with E-state index in [9.17, 15) is 9.59 Å². The minimum Gasteiger partial charge on any atom is -0.480 e. The van der Waals surface area contributed by atoms with Crippen molar-refractivity contribution in [2.75, 3.05) is 6.61 Å². The molecule has 0 fully saturated rings. The van der Waals surface area contributed by atoms with Crippen molar-refractivity contribution >= 4 is 11.9 Å². The van der Waals surface area contributed by atoms with Crippen LogP contribution in [0.3, 0.4) is 0 Å². The molecule has 17 heavy (non-hydrogen) atoms. The van der Waals surface area contributed by atoms with Gasteiger partial charge in [0.1, 0.15) is 6.04 Å². The van der Waals surface area contributed by atoms with Crippen molar-refractivity contribution in [1.29, 1.82) is 0 Å². The van der Waals surface area contributed by atoms with E-state index in [1.165, 1.54) is 0 Å². The molecule has 0 bridgehead atoms. The number of rotatable bonds is 6. The molecule has 0 aliphatic heterocycles. The van der Waals surface area contributed by atoms with Crippen LogP contribution in [0.1, 0.15) is 34.1 Å². The lowest BCUT2D eigenvalue weighted by atomic mass is 9.74. The molecule has 0 aromatic rings. The highest BCUT2D eigenvalue weighted by molar-refractivity contribution is 5.87. The molecule has 1 atom stereocenters. The zero-order valence-electron chi connectivity index (χ0n) is 10.8. The van der Waals surface area contributed by atoms with Gasteiger partial charge in [0, 0.05) is 18.6 Å². The number of amides is 1. The number of aliphatic hydroxyl groups excluding tert-OH is 1. The Morgan fingerprint density at radius 1 is 1.29 bits per heavy atom. The molecule has 0 rings (SSSR count). The van der Waals surface area contributed by atoms with Crippen LogP contribution in [0.4, 0.5) is 0 Å². The molecule has 6 nitrogen and oxygen atoms in total. The molecule has 0 saturated heterocycles. The first-order valence-corrected chi connectivity index (χ1v) is 5.47. The maximum Gasteiger partial charge on any atom is 0.326 e. The second kappa shape index (κ2) is 5.46. The normalized spacial score (nSPS) is 14.2. The van der Waals surface area contributed by atoms with E-state index in [-0.39, 0.29) is 13.0 Å². The average Bonchev–Trinajstić information content (AvgIpc) is 2.14. The van der Waals surface area contributed by atoms with Gasteiger partial charge in [0.2, 0.25) is 5.91 Å². The minimum atomic E-state index is -1.17. The SMILES string of the molecule is CC(C)(N)C(C)(C)C(=O)N[C@@H](CCO)C(=O)O. The molecular weight excluding hydrogens is 224 g/mol. The van der Waals surface area contributed by atoms with Gasteiger partial charge in [0.05, 0.1) is 5.41 Å². The largest absolute Gasteiger partial charge is 0.480 e. The Labute approximate surface area is 101 Å². The average molecular weight is 246 g/mol. The lowest BCUT2D eigenvalue weighted by molar-refractivity contribution is -0.144. The fourth-order valence-electron chi connectivity index (χ4n) is 1.02. The van der Waals surface area contributed by atoms with Crippen molar-refractivity contribution in [3.8, 4) is 0 Å². The zero-order chi connectivity index (χ0) is 13.9. The van der Waals surface area contributed by atoms with Gasteiger partial charge in [-0.3, -0.25) is 4.79 Å². The molecule has 0 heterocycles. The third-order valence-corrected chi connectivity index (χ3v) is 3.20. The standard InChI is InChI=1S/C11H22N2O4/c1-10(2,11(3,4)12)9(17)13-7(5-6-14)8(15)16/h7,14H,5-6,12H2,1-4H3,(H,13,17)(H,15,16)/t7-/m0/s1. The van der Waals surface area contributed by atoms with E-state index in [0.717, 1.165) is 0 Å². The van der Waals surface area contributed by atoms with Gasteiger partial charge in [0.15, 0.2) is 0 Å². The Balaban J connectivity index is 4.78. The first-order valence-electron chi connectivity index (χ1n) is 5.47. The number of hydrogen-bond donors (Lipinski definition) is 4. The monoisotopic (exact) mass is 246 g/mol. The number of nitrogens with one attached hydrogen (secondary N) is 1. The van der Waals surface area contributed by atoms with Crippen molar-refractivity contribution in [3.05, 3.63) is 0 Å². The minimum absolute atomic E-state index is 0.0256. The number of carbonyl (C=O) groups is 2. The molecule has 0 radical (unpaired) electrons. The van der Waals surface area contributed by atoms with Crippen LogP contribution in [0.25, 0.3) is 0 Å². The number of aliphatic carboxylic acids is 1. The topological polar surface area (TPSA) is 113 Å². The summed E-state index contributed by atoms with van der Waals surface area (Å²) in [6, 6.07) is -1.09. The van der Waals surface area contributed by atoms with Crippen LogP contribution in [-0.4, -0.2) is 40.3 Å². The van der Waals surface area contributed by atoms with Crippen molar-refractivity contribution < 1.29 is 19.8 Å². The van der Waals surface area contributed by atoms with Gasteiger partial charge >= 0.3 is 5.97 Å². The summed E-state index contributed by atoms with van der Waals surface area (Å²) in [4.78, 5) is 22.8. The van der Waals surface area contributed by atoms with Crippen molar-refractivity contribution in [2.45, 2.75) is 45.7 Å². The van der Waals surface area contributed by atoms with Crippen LogP contribution in [0.2, 0.25) is 0 Å². The first kappa shape index (κ1) is 15.9. The Morgan fingerprint density at radius 3 is 2.06 bits per heavy atom. The van der Waals surface area contributed by atoms with Crippen molar-refractivity contribution in [2.24, 2.45) is 11.1 Å². The van der Waals surface area contributed by atoms with Crippen LogP contribution in [0, 0.1) is 5.41 Å². The van der Waals surface area contributed by atoms with E-state index in [0.29, 0.717) is 0 Å². The zero-order valence-corrected chi connectivity index (χ0v) is 10.8. The molecule has 0 spiro atoms. The van der Waals surface area contributed by atoms with E-state index in [1.54, 1.807) is 27.7 Å². The fourth-order valence-corrected chi connectivity index (χ4v) is 1.02. The summed E-state index contributed by atoms with van der Waals surface area (Å²) < 4.78 is 0. The van der Waals surface area contributed by atoms with Crippen LogP contribution in [0.15, 0.2) is 0 Å². The molecule has 6 heteroatoms. The van der Waals surface area contributed by atoms with Crippen LogP contribution in [0.5, 0.6) is 0 Å². The van der Waals surface area contributed by atoms with Gasteiger partial charge < -0.3 is 21.3 Å². The number of hydrogen-bond acceptors (Lipinski definition) is 4. The number of carboxylic acid groups (broad SMARTS) is 1. The highest BCUT2D eigenvalue weighted by atomic mass is 16.4. The predicted octanol–water partition coefficient (Wildman–Crippen LogP) is -0.298. The summed E-state index contributed by atoms with van der Waals surface area (Å²) in [6.45, 7) is 6.41. The van der Waals surface area contributed by atoms with Crippen LogP contribution >= 0.6 is 0 Å². The van der Waals surface area contributed by atoms with Gasteiger partial charge in [-0.05, 0) is 27.7 Å². The van der Waals surface area contributed by atoms with Crippen LogP contribution < -0.4 is 11.1 Å². The summed E-state index contributed by atoms with van der Waals surface area (Å²) in [7, 11) is 0. The molecule has 0 aliphatic rings. The number of nitrogens with two attached hydrogens (primary N) is 1. The second-order valence-electron chi connectivity index (χ2n) is 5.22. The van der Waals surface area contributed by atoms with Gasteiger partial charge in [-0.15, -0.1) is 0 Å². The maximum absolute atomic E-state index is 12.0. The summed E-state index contributed by atoms with van der Waals surface area (Å²) >= 11 is 0. The Bertz CT molecular complexity index is 294. The van der Waals surface area contributed by atoms with E-state index in [4.69, 9.17) is 15.9 Å². The summed E-state index contributed by atoms with van der Waals surface area (Å²) in [5.74, 6) is -1.61. The molecular formula is C11H22N2O4.